The van der Waals surface area contributed by atoms with E-state index in [0.717, 1.165) is 23.9 Å². The van der Waals surface area contributed by atoms with Crippen molar-refractivity contribution in [3.63, 3.8) is 0 Å². The first-order valence-electron chi connectivity index (χ1n) is 11.2. The van der Waals surface area contributed by atoms with E-state index in [2.05, 4.69) is 87.1 Å². The second kappa shape index (κ2) is 9.16. The summed E-state index contributed by atoms with van der Waals surface area (Å²) in [5, 5.41) is 4.33. The summed E-state index contributed by atoms with van der Waals surface area (Å²) in [4.78, 5) is 11.1. The van der Waals surface area contributed by atoms with Crippen molar-refractivity contribution >= 4 is 17.3 Å². The summed E-state index contributed by atoms with van der Waals surface area (Å²) in [6.07, 6.45) is 5.55. The monoisotopic (exact) mass is 453 g/mol. The van der Waals surface area contributed by atoms with Crippen LogP contribution in [-0.2, 0) is 13.1 Å². The molecule has 0 bridgehead atoms. The molecule has 2 unspecified atom stereocenters. The van der Waals surface area contributed by atoms with Crippen LogP contribution in [0.15, 0.2) is 85.3 Å². The predicted octanol–water partition coefficient (Wildman–Crippen LogP) is 5.12. The number of pyridine rings is 2. The lowest BCUT2D eigenvalue weighted by Gasteiger charge is -2.28. The summed E-state index contributed by atoms with van der Waals surface area (Å²) in [7, 11) is 0. The van der Waals surface area contributed by atoms with Crippen molar-refractivity contribution in [3.8, 4) is 0 Å². The Balaban J connectivity index is 1.56. The number of aryl methyl sites for hydroxylation is 1. The Morgan fingerprint density at radius 1 is 0.879 bits per heavy atom. The number of rotatable bonds is 6. The lowest BCUT2D eigenvalue weighted by molar-refractivity contribution is 0.310. The van der Waals surface area contributed by atoms with E-state index >= 15 is 0 Å². The quantitative estimate of drug-likeness (QED) is 0.411. The van der Waals surface area contributed by atoms with Gasteiger partial charge in [0.25, 0.3) is 0 Å². The lowest BCUT2D eigenvalue weighted by atomic mass is 9.96. The first-order chi connectivity index (χ1) is 16.1. The van der Waals surface area contributed by atoms with Gasteiger partial charge >= 0.3 is 0 Å². The molecule has 0 spiro atoms. The van der Waals surface area contributed by atoms with Crippen LogP contribution in [0.25, 0.3) is 0 Å². The molecule has 0 radical (unpaired) electrons. The zero-order valence-electron chi connectivity index (χ0n) is 18.8. The fourth-order valence-corrected chi connectivity index (χ4v) is 5.04. The number of benzene rings is 1. The fourth-order valence-electron chi connectivity index (χ4n) is 4.74. The van der Waals surface area contributed by atoms with Crippen molar-refractivity contribution in [3.05, 3.63) is 119 Å². The second-order valence-electron chi connectivity index (χ2n) is 8.51. The molecule has 0 aliphatic carbocycles. The van der Waals surface area contributed by atoms with Crippen molar-refractivity contribution in [1.82, 2.24) is 24.8 Å². The summed E-state index contributed by atoms with van der Waals surface area (Å²) in [5.74, 6) is 0. The summed E-state index contributed by atoms with van der Waals surface area (Å²) < 4.78 is 2.38. The third-order valence-corrected chi connectivity index (χ3v) is 6.77. The molecular formula is C27H27N5S. The minimum Gasteiger partial charge on any atom is -0.352 e. The van der Waals surface area contributed by atoms with Crippen LogP contribution in [0.4, 0.5) is 0 Å². The van der Waals surface area contributed by atoms with Crippen molar-refractivity contribution in [2.45, 2.75) is 39.0 Å². The standard InChI is InChI=1S/C27H27N5S/c1-19-16-23(20(2)31(19)17-22-11-14-28-15-12-22)26-25(24-10-6-7-13-29-24)30-27(33)32(26)18-21-8-4-3-5-9-21/h3-16,25-26H,17-18H2,1-2H3,(H,30,33). The summed E-state index contributed by atoms with van der Waals surface area (Å²) in [5.41, 5.74) is 7.23. The Labute approximate surface area is 200 Å². The second-order valence-corrected chi connectivity index (χ2v) is 8.89. The summed E-state index contributed by atoms with van der Waals surface area (Å²) in [6, 6.07) is 23.1. The number of nitrogens with one attached hydrogen (secondary N) is 1. The molecule has 33 heavy (non-hydrogen) atoms. The van der Waals surface area contributed by atoms with E-state index in [1.807, 2.05) is 36.8 Å². The third kappa shape index (κ3) is 4.26. The molecule has 1 aliphatic rings. The van der Waals surface area contributed by atoms with Crippen LogP contribution in [0, 0.1) is 13.8 Å². The molecule has 5 rings (SSSR count). The Morgan fingerprint density at radius 2 is 1.61 bits per heavy atom. The lowest BCUT2D eigenvalue weighted by Crippen LogP contribution is -2.29. The predicted molar refractivity (Wildman–Crippen MR) is 135 cm³/mol. The van der Waals surface area contributed by atoms with Gasteiger partial charge in [0.2, 0.25) is 0 Å². The van der Waals surface area contributed by atoms with Gasteiger partial charge in [-0.3, -0.25) is 9.97 Å². The fraction of sp³-hybridized carbons (Fsp3) is 0.222. The summed E-state index contributed by atoms with van der Waals surface area (Å²) >= 11 is 5.85. The van der Waals surface area contributed by atoms with Gasteiger partial charge in [-0.15, -0.1) is 0 Å². The van der Waals surface area contributed by atoms with Crippen molar-refractivity contribution in [2.75, 3.05) is 0 Å². The molecule has 1 N–H and O–H groups in total. The highest BCUT2D eigenvalue weighted by molar-refractivity contribution is 7.80. The normalized spacial score (nSPS) is 17.9. The Morgan fingerprint density at radius 3 is 2.33 bits per heavy atom. The summed E-state index contributed by atoms with van der Waals surface area (Å²) in [6.45, 7) is 5.95. The Hall–Kier alpha value is -3.51. The third-order valence-electron chi connectivity index (χ3n) is 6.41. The van der Waals surface area contributed by atoms with Gasteiger partial charge < -0.3 is 14.8 Å². The molecule has 0 amide bonds. The zero-order valence-corrected chi connectivity index (χ0v) is 19.7. The number of nitrogens with zero attached hydrogens (tertiary/aromatic N) is 4. The van der Waals surface area contributed by atoms with E-state index in [1.165, 1.54) is 28.1 Å². The average Bonchev–Trinajstić information content (AvgIpc) is 3.31. The maximum Gasteiger partial charge on any atom is 0.170 e. The molecule has 166 valence electrons. The first kappa shape index (κ1) is 21.3. The van der Waals surface area contributed by atoms with E-state index in [4.69, 9.17) is 12.2 Å². The molecule has 2 atom stereocenters. The van der Waals surface area contributed by atoms with Gasteiger partial charge in [-0.05, 0) is 73.1 Å². The van der Waals surface area contributed by atoms with E-state index in [0.29, 0.717) is 0 Å². The van der Waals surface area contributed by atoms with Gasteiger partial charge in [0, 0.05) is 43.1 Å². The largest absolute Gasteiger partial charge is 0.352 e. The molecule has 1 aromatic carbocycles. The minimum atomic E-state index is -0.0164. The van der Waals surface area contributed by atoms with Crippen LogP contribution in [0.3, 0.4) is 0 Å². The van der Waals surface area contributed by atoms with Crippen LogP contribution >= 0.6 is 12.2 Å². The van der Waals surface area contributed by atoms with Crippen molar-refractivity contribution in [1.29, 1.82) is 0 Å². The molecule has 4 aromatic rings. The maximum atomic E-state index is 5.85. The molecule has 0 saturated carbocycles. The number of hydrogen-bond acceptors (Lipinski definition) is 3. The molecule has 1 aliphatic heterocycles. The smallest absolute Gasteiger partial charge is 0.170 e. The van der Waals surface area contributed by atoms with E-state index in [-0.39, 0.29) is 12.1 Å². The van der Waals surface area contributed by atoms with Crippen molar-refractivity contribution < 1.29 is 0 Å². The van der Waals surface area contributed by atoms with Crippen LogP contribution < -0.4 is 5.32 Å². The Bertz CT molecular complexity index is 1240. The first-order valence-corrected chi connectivity index (χ1v) is 11.6. The highest BCUT2D eigenvalue weighted by Crippen LogP contribution is 2.41. The zero-order chi connectivity index (χ0) is 22.8. The van der Waals surface area contributed by atoms with Gasteiger partial charge in [0.1, 0.15) is 0 Å². The minimum absolute atomic E-state index is 0.0164. The Kier molecular flexibility index (Phi) is 5.92. The van der Waals surface area contributed by atoms with Crippen LogP contribution in [-0.4, -0.2) is 24.5 Å². The van der Waals surface area contributed by atoms with Crippen LogP contribution in [0.1, 0.15) is 45.9 Å². The highest BCUT2D eigenvalue weighted by atomic mass is 32.1. The van der Waals surface area contributed by atoms with E-state index in [1.54, 1.807) is 0 Å². The number of aromatic nitrogens is 3. The van der Waals surface area contributed by atoms with Gasteiger partial charge in [-0.25, -0.2) is 0 Å². The SMILES string of the molecule is Cc1cc(C2C(c3ccccn3)NC(=S)N2Cc2ccccc2)c(C)n1Cc1ccncc1. The molecule has 6 heteroatoms. The maximum absolute atomic E-state index is 5.85. The van der Waals surface area contributed by atoms with Gasteiger partial charge in [0.05, 0.1) is 17.8 Å². The average molecular weight is 454 g/mol. The van der Waals surface area contributed by atoms with Crippen LogP contribution in [0.2, 0.25) is 0 Å². The molecule has 1 fully saturated rings. The topological polar surface area (TPSA) is 46.0 Å². The van der Waals surface area contributed by atoms with E-state index < -0.39 is 0 Å². The highest BCUT2D eigenvalue weighted by Gasteiger charge is 2.41. The van der Waals surface area contributed by atoms with Crippen molar-refractivity contribution in [2.24, 2.45) is 0 Å². The molecule has 4 heterocycles. The number of thiocarbonyl (C=S) groups is 1. The van der Waals surface area contributed by atoms with Crippen LogP contribution in [0.5, 0.6) is 0 Å². The van der Waals surface area contributed by atoms with Gasteiger partial charge in [0.15, 0.2) is 5.11 Å². The number of hydrogen-bond donors (Lipinski definition) is 1. The molecule has 1 saturated heterocycles. The molecule has 5 nitrogen and oxygen atoms in total. The van der Waals surface area contributed by atoms with Gasteiger partial charge in [-0.2, -0.15) is 0 Å². The molecular weight excluding hydrogens is 426 g/mol. The molecule has 3 aromatic heterocycles. The van der Waals surface area contributed by atoms with Gasteiger partial charge in [-0.1, -0.05) is 36.4 Å². The van der Waals surface area contributed by atoms with E-state index in [9.17, 15) is 0 Å².